The van der Waals surface area contributed by atoms with Crippen LogP contribution in [0.15, 0.2) is 47.4 Å². The Bertz CT molecular complexity index is 829. The van der Waals surface area contributed by atoms with Gasteiger partial charge in [0.05, 0.1) is 11.3 Å². The molecule has 2 amide bonds. The Kier molecular flexibility index (Phi) is 6.56. The first-order valence-corrected chi connectivity index (χ1v) is 10.5. The summed E-state index contributed by atoms with van der Waals surface area (Å²) < 4.78 is 0. The fourth-order valence-corrected chi connectivity index (χ4v) is 4.31. The molecule has 27 heavy (non-hydrogen) atoms. The SMILES string of the molecule is CCc1cccc(C)c1NC(=O)c1ccccc1SCC(=O)N1CCCC1. The number of para-hydroxylation sites is 1. The van der Waals surface area contributed by atoms with Gasteiger partial charge in [-0.25, -0.2) is 0 Å². The molecule has 0 saturated carbocycles. The van der Waals surface area contributed by atoms with Crippen molar-refractivity contribution < 1.29 is 9.59 Å². The van der Waals surface area contributed by atoms with E-state index in [4.69, 9.17) is 0 Å². The highest BCUT2D eigenvalue weighted by Crippen LogP contribution is 2.26. The van der Waals surface area contributed by atoms with Crippen molar-refractivity contribution in [1.29, 1.82) is 0 Å². The Morgan fingerprint density at radius 3 is 2.56 bits per heavy atom. The minimum atomic E-state index is -0.129. The largest absolute Gasteiger partial charge is 0.342 e. The Balaban J connectivity index is 1.73. The molecule has 0 spiro atoms. The summed E-state index contributed by atoms with van der Waals surface area (Å²) >= 11 is 1.44. The van der Waals surface area contributed by atoms with Crippen molar-refractivity contribution in [2.75, 3.05) is 24.2 Å². The molecule has 1 aliphatic rings. The second kappa shape index (κ2) is 9.09. The van der Waals surface area contributed by atoms with Gasteiger partial charge in [0.1, 0.15) is 0 Å². The zero-order valence-corrected chi connectivity index (χ0v) is 16.8. The molecule has 5 heteroatoms. The number of amides is 2. The second-order valence-electron chi connectivity index (χ2n) is 6.79. The van der Waals surface area contributed by atoms with Crippen LogP contribution < -0.4 is 5.32 Å². The zero-order valence-electron chi connectivity index (χ0n) is 16.0. The average molecular weight is 383 g/mol. The number of hydrogen-bond donors (Lipinski definition) is 1. The maximum Gasteiger partial charge on any atom is 0.256 e. The molecular formula is C22H26N2O2S. The fourth-order valence-electron chi connectivity index (χ4n) is 3.36. The van der Waals surface area contributed by atoms with Crippen molar-refractivity contribution in [3.8, 4) is 0 Å². The van der Waals surface area contributed by atoms with E-state index in [0.29, 0.717) is 11.3 Å². The van der Waals surface area contributed by atoms with Crippen LogP contribution in [0.5, 0.6) is 0 Å². The predicted molar refractivity (Wildman–Crippen MR) is 111 cm³/mol. The molecule has 0 radical (unpaired) electrons. The number of carbonyl (C=O) groups excluding carboxylic acids is 2. The Labute approximate surface area is 165 Å². The first kappa shape index (κ1) is 19.5. The first-order valence-electron chi connectivity index (χ1n) is 9.49. The number of nitrogens with one attached hydrogen (secondary N) is 1. The van der Waals surface area contributed by atoms with Crippen LogP contribution in [-0.2, 0) is 11.2 Å². The lowest BCUT2D eigenvalue weighted by atomic mass is 10.1. The number of hydrogen-bond acceptors (Lipinski definition) is 3. The van der Waals surface area contributed by atoms with Gasteiger partial charge in [-0.05, 0) is 49.4 Å². The summed E-state index contributed by atoms with van der Waals surface area (Å²) in [7, 11) is 0. The summed E-state index contributed by atoms with van der Waals surface area (Å²) in [6.45, 7) is 5.80. The number of carbonyl (C=O) groups is 2. The molecular weight excluding hydrogens is 356 g/mol. The number of aryl methyl sites for hydroxylation is 2. The minimum Gasteiger partial charge on any atom is -0.342 e. The van der Waals surface area contributed by atoms with Gasteiger partial charge >= 0.3 is 0 Å². The van der Waals surface area contributed by atoms with E-state index in [1.54, 1.807) is 0 Å². The van der Waals surface area contributed by atoms with Crippen LogP contribution in [0.3, 0.4) is 0 Å². The van der Waals surface area contributed by atoms with Gasteiger partial charge in [-0.1, -0.05) is 37.3 Å². The molecule has 1 heterocycles. The Morgan fingerprint density at radius 1 is 1.07 bits per heavy atom. The van der Waals surface area contributed by atoms with E-state index in [-0.39, 0.29) is 11.8 Å². The molecule has 0 unspecified atom stereocenters. The summed E-state index contributed by atoms with van der Waals surface area (Å²) in [5, 5.41) is 3.08. The molecule has 3 rings (SSSR count). The van der Waals surface area contributed by atoms with E-state index in [2.05, 4.69) is 12.2 Å². The summed E-state index contributed by atoms with van der Waals surface area (Å²) in [4.78, 5) is 28.0. The number of rotatable bonds is 6. The maximum absolute atomic E-state index is 12.9. The molecule has 0 aromatic heterocycles. The third kappa shape index (κ3) is 4.72. The third-order valence-corrected chi connectivity index (χ3v) is 5.98. The molecule has 1 fully saturated rings. The Hall–Kier alpha value is -2.27. The molecule has 2 aromatic rings. The lowest BCUT2D eigenvalue weighted by Gasteiger charge is -2.16. The van der Waals surface area contributed by atoms with Crippen LogP contribution in [0.2, 0.25) is 0 Å². The number of thioether (sulfide) groups is 1. The Morgan fingerprint density at radius 2 is 1.81 bits per heavy atom. The van der Waals surface area contributed by atoms with E-state index in [0.717, 1.165) is 54.1 Å². The molecule has 0 aliphatic carbocycles. The number of nitrogens with zero attached hydrogens (tertiary/aromatic N) is 1. The number of likely N-dealkylation sites (tertiary alicyclic amines) is 1. The smallest absolute Gasteiger partial charge is 0.256 e. The lowest BCUT2D eigenvalue weighted by Crippen LogP contribution is -2.29. The van der Waals surface area contributed by atoms with Crippen LogP contribution in [-0.4, -0.2) is 35.6 Å². The molecule has 1 N–H and O–H groups in total. The van der Waals surface area contributed by atoms with E-state index < -0.39 is 0 Å². The standard InChI is InChI=1S/C22H26N2O2S/c1-3-17-10-8-9-16(2)21(17)23-22(26)18-11-4-5-12-19(18)27-15-20(25)24-13-6-7-14-24/h4-5,8-12H,3,6-7,13-15H2,1-2H3,(H,23,26). The van der Waals surface area contributed by atoms with Gasteiger partial charge < -0.3 is 10.2 Å². The van der Waals surface area contributed by atoms with Crippen molar-refractivity contribution in [2.45, 2.75) is 38.0 Å². The number of benzene rings is 2. The van der Waals surface area contributed by atoms with Gasteiger partial charge in [-0.3, -0.25) is 9.59 Å². The highest BCUT2D eigenvalue weighted by atomic mass is 32.2. The van der Waals surface area contributed by atoms with Crippen LogP contribution in [0.1, 0.15) is 41.3 Å². The first-order chi connectivity index (χ1) is 13.1. The molecule has 0 atom stereocenters. The van der Waals surface area contributed by atoms with Crippen molar-refractivity contribution in [2.24, 2.45) is 0 Å². The monoisotopic (exact) mass is 382 g/mol. The quantitative estimate of drug-likeness (QED) is 0.747. The average Bonchev–Trinajstić information content (AvgIpc) is 3.22. The zero-order chi connectivity index (χ0) is 19.2. The lowest BCUT2D eigenvalue weighted by molar-refractivity contribution is -0.127. The van der Waals surface area contributed by atoms with Gasteiger partial charge in [-0.15, -0.1) is 11.8 Å². The predicted octanol–water partition coefficient (Wildman–Crippen LogP) is 4.52. The topological polar surface area (TPSA) is 49.4 Å². The van der Waals surface area contributed by atoms with Crippen molar-refractivity contribution in [3.63, 3.8) is 0 Å². The second-order valence-corrected chi connectivity index (χ2v) is 7.81. The van der Waals surface area contributed by atoms with E-state index >= 15 is 0 Å². The highest BCUT2D eigenvalue weighted by molar-refractivity contribution is 8.00. The molecule has 1 saturated heterocycles. The van der Waals surface area contributed by atoms with Crippen molar-refractivity contribution >= 4 is 29.3 Å². The summed E-state index contributed by atoms with van der Waals surface area (Å²) in [5.41, 5.74) is 3.68. The molecule has 142 valence electrons. The third-order valence-electron chi connectivity index (χ3n) is 4.92. The summed E-state index contributed by atoms with van der Waals surface area (Å²) in [5.74, 6) is 0.394. The fraction of sp³-hybridized carbons (Fsp3) is 0.364. The van der Waals surface area contributed by atoms with Gasteiger partial charge in [0.2, 0.25) is 5.91 Å². The van der Waals surface area contributed by atoms with Gasteiger partial charge in [0.15, 0.2) is 0 Å². The molecule has 0 bridgehead atoms. The van der Waals surface area contributed by atoms with Gasteiger partial charge in [0.25, 0.3) is 5.91 Å². The summed E-state index contributed by atoms with van der Waals surface area (Å²) in [6.07, 6.45) is 3.04. The van der Waals surface area contributed by atoms with Crippen LogP contribution >= 0.6 is 11.8 Å². The van der Waals surface area contributed by atoms with Crippen molar-refractivity contribution in [1.82, 2.24) is 4.90 Å². The van der Waals surface area contributed by atoms with E-state index in [1.165, 1.54) is 11.8 Å². The van der Waals surface area contributed by atoms with Crippen LogP contribution in [0, 0.1) is 6.92 Å². The van der Waals surface area contributed by atoms with E-state index in [9.17, 15) is 9.59 Å². The minimum absolute atomic E-state index is 0.129. The van der Waals surface area contributed by atoms with E-state index in [1.807, 2.05) is 54.3 Å². The van der Waals surface area contributed by atoms with Gasteiger partial charge in [-0.2, -0.15) is 0 Å². The molecule has 1 aliphatic heterocycles. The van der Waals surface area contributed by atoms with Crippen LogP contribution in [0.4, 0.5) is 5.69 Å². The summed E-state index contributed by atoms with van der Waals surface area (Å²) in [6, 6.07) is 13.6. The molecule has 2 aromatic carbocycles. The molecule has 4 nitrogen and oxygen atoms in total. The van der Waals surface area contributed by atoms with Crippen molar-refractivity contribution in [3.05, 3.63) is 59.2 Å². The van der Waals surface area contributed by atoms with Crippen LogP contribution in [0.25, 0.3) is 0 Å². The highest BCUT2D eigenvalue weighted by Gasteiger charge is 2.19. The maximum atomic E-state index is 12.9. The number of anilines is 1. The van der Waals surface area contributed by atoms with Gasteiger partial charge in [0, 0.05) is 23.7 Å². The normalized spacial score (nSPS) is 13.6.